The molecule has 2 heterocycles. The number of rotatable bonds is 6. The van der Waals surface area contributed by atoms with Crippen molar-refractivity contribution < 1.29 is 18.3 Å². The van der Waals surface area contributed by atoms with E-state index < -0.39 is 21.2 Å². The fourth-order valence-corrected chi connectivity index (χ4v) is 9.40. The first-order valence-electron chi connectivity index (χ1n) is 14.9. The minimum Gasteiger partial charge on any atom is -0.390 e. The standard InChI is InChI=1S/C31H43N5O4S/c1-20-19-35(24-8-10-25(11-9-24)41(39,40)34-30(2,3)4)12-13-36(20)27-7-5-6-26(32-27)29(37)33-28-22-14-21-15-23(28)18-31(38,16-21)17-22/h5-11,20-23,28,34,38H,12-19H2,1-4H3,(H,33,37). The van der Waals surface area contributed by atoms with Crippen LogP contribution < -0.4 is 19.8 Å². The van der Waals surface area contributed by atoms with Crippen molar-refractivity contribution in [3.05, 3.63) is 48.2 Å². The summed E-state index contributed by atoms with van der Waals surface area (Å²) in [5.74, 6) is 1.98. The number of nitrogens with zero attached hydrogens (tertiary/aromatic N) is 3. The first-order valence-corrected chi connectivity index (χ1v) is 16.4. The number of benzene rings is 1. The average Bonchev–Trinajstić information content (AvgIpc) is 2.88. The highest BCUT2D eigenvalue weighted by molar-refractivity contribution is 7.89. The van der Waals surface area contributed by atoms with E-state index in [1.165, 1.54) is 0 Å². The molecule has 1 amide bonds. The number of aromatic nitrogens is 1. The summed E-state index contributed by atoms with van der Waals surface area (Å²) < 4.78 is 28.0. The Morgan fingerprint density at radius 1 is 1.02 bits per heavy atom. The summed E-state index contributed by atoms with van der Waals surface area (Å²) in [6.45, 7) is 9.86. The number of sulfonamides is 1. The minimum absolute atomic E-state index is 0.123. The topological polar surface area (TPSA) is 115 Å². The number of amides is 1. The highest BCUT2D eigenvalue weighted by atomic mass is 32.2. The molecule has 0 radical (unpaired) electrons. The van der Waals surface area contributed by atoms with Crippen LogP contribution in [0.25, 0.3) is 0 Å². The van der Waals surface area contributed by atoms with E-state index >= 15 is 0 Å². The average molecular weight is 582 g/mol. The lowest BCUT2D eigenvalue weighted by Gasteiger charge is -2.58. The van der Waals surface area contributed by atoms with Crippen LogP contribution in [0.15, 0.2) is 47.4 Å². The molecule has 41 heavy (non-hydrogen) atoms. The van der Waals surface area contributed by atoms with Crippen molar-refractivity contribution in [3.8, 4) is 0 Å². The Labute approximate surface area is 243 Å². The highest BCUT2D eigenvalue weighted by Gasteiger charge is 2.55. The van der Waals surface area contributed by atoms with E-state index in [-0.39, 0.29) is 22.9 Å². The van der Waals surface area contributed by atoms with Gasteiger partial charge in [0.25, 0.3) is 5.91 Å². The summed E-state index contributed by atoms with van der Waals surface area (Å²) in [6.07, 6.45) is 4.73. The van der Waals surface area contributed by atoms with Gasteiger partial charge in [-0.05, 0) is 114 Å². The molecule has 3 N–H and O–H groups in total. The maximum atomic E-state index is 13.3. The summed E-state index contributed by atoms with van der Waals surface area (Å²) >= 11 is 0. The van der Waals surface area contributed by atoms with Crippen LogP contribution in [0, 0.1) is 17.8 Å². The van der Waals surface area contributed by atoms with Gasteiger partial charge in [-0.25, -0.2) is 18.1 Å². The van der Waals surface area contributed by atoms with Gasteiger partial charge in [0.15, 0.2) is 0 Å². The van der Waals surface area contributed by atoms with Crippen molar-refractivity contribution in [1.82, 2.24) is 15.0 Å². The van der Waals surface area contributed by atoms with Crippen LogP contribution in [0.2, 0.25) is 0 Å². The zero-order valence-corrected chi connectivity index (χ0v) is 25.3. The number of hydrogen-bond acceptors (Lipinski definition) is 7. The van der Waals surface area contributed by atoms with Crippen LogP contribution in [0.4, 0.5) is 11.5 Å². The van der Waals surface area contributed by atoms with Crippen LogP contribution in [0.5, 0.6) is 0 Å². The zero-order chi connectivity index (χ0) is 29.2. The third-order valence-electron chi connectivity index (χ3n) is 9.38. The second-order valence-electron chi connectivity index (χ2n) is 13.9. The lowest BCUT2D eigenvalue weighted by molar-refractivity contribution is -0.136. The number of hydrogen-bond donors (Lipinski definition) is 3. The molecule has 2 aromatic rings. The molecular formula is C31H43N5O4S. The van der Waals surface area contributed by atoms with Crippen molar-refractivity contribution in [3.63, 3.8) is 0 Å². The van der Waals surface area contributed by atoms with Gasteiger partial charge in [-0.15, -0.1) is 0 Å². The third kappa shape index (κ3) is 5.83. The predicted octanol–water partition coefficient (Wildman–Crippen LogP) is 3.54. The van der Waals surface area contributed by atoms with Gasteiger partial charge >= 0.3 is 0 Å². The normalized spacial score (nSPS) is 31.4. The van der Waals surface area contributed by atoms with Crippen molar-refractivity contribution in [2.75, 3.05) is 29.4 Å². The van der Waals surface area contributed by atoms with E-state index in [0.29, 0.717) is 23.4 Å². The largest absolute Gasteiger partial charge is 0.390 e. The zero-order valence-electron chi connectivity index (χ0n) is 24.5. The molecule has 4 bridgehead atoms. The molecule has 9 nitrogen and oxygen atoms in total. The van der Waals surface area contributed by atoms with Crippen molar-refractivity contribution in [2.24, 2.45) is 17.8 Å². The van der Waals surface area contributed by atoms with Crippen LogP contribution in [-0.4, -0.2) is 67.3 Å². The predicted molar refractivity (Wildman–Crippen MR) is 160 cm³/mol. The molecule has 5 fully saturated rings. The van der Waals surface area contributed by atoms with E-state index in [4.69, 9.17) is 4.98 Å². The maximum absolute atomic E-state index is 13.3. The van der Waals surface area contributed by atoms with E-state index in [1.807, 2.05) is 45.0 Å². The van der Waals surface area contributed by atoms with Crippen LogP contribution in [-0.2, 0) is 10.0 Å². The fraction of sp³-hybridized carbons (Fsp3) is 0.613. The van der Waals surface area contributed by atoms with Crippen molar-refractivity contribution in [1.29, 1.82) is 0 Å². The van der Waals surface area contributed by atoms with Gasteiger partial charge in [-0.1, -0.05) is 6.07 Å². The molecule has 1 aromatic heterocycles. The molecular weight excluding hydrogens is 538 g/mol. The fourth-order valence-electron chi connectivity index (χ4n) is 7.98. The van der Waals surface area contributed by atoms with Gasteiger partial charge < -0.3 is 20.2 Å². The first kappa shape index (κ1) is 28.4. The molecule has 1 aliphatic heterocycles. The summed E-state index contributed by atoms with van der Waals surface area (Å²) in [6, 6.07) is 13.0. The maximum Gasteiger partial charge on any atom is 0.270 e. The highest BCUT2D eigenvalue weighted by Crippen LogP contribution is 2.55. The Kier molecular flexibility index (Phi) is 7.10. The smallest absolute Gasteiger partial charge is 0.270 e. The quantitative estimate of drug-likeness (QED) is 0.478. The van der Waals surface area contributed by atoms with Gasteiger partial charge in [0.05, 0.1) is 10.5 Å². The van der Waals surface area contributed by atoms with Crippen LogP contribution in [0.1, 0.15) is 70.3 Å². The molecule has 3 unspecified atom stereocenters. The number of aliphatic hydroxyl groups is 1. The van der Waals surface area contributed by atoms with E-state index in [0.717, 1.165) is 63.2 Å². The summed E-state index contributed by atoms with van der Waals surface area (Å²) in [4.78, 5) is 22.9. The van der Waals surface area contributed by atoms with Gasteiger partial charge in [0, 0.05) is 42.9 Å². The van der Waals surface area contributed by atoms with E-state index in [2.05, 4.69) is 26.8 Å². The van der Waals surface area contributed by atoms with Gasteiger partial charge in [-0.3, -0.25) is 4.79 Å². The number of pyridine rings is 1. The Morgan fingerprint density at radius 3 is 2.32 bits per heavy atom. The summed E-state index contributed by atoms with van der Waals surface area (Å²) in [5, 5.41) is 14.2. The molecule has 222 valence electrons. The van der Waals surface area contributed by atoms with Gasteiger partial charge in [0.1, 0.15) is 11.5 Å². The summed E-state index contributed by atoms with van der Waals surface area (Å²) in [5.41, 5.74) is 0.350. The Hall–Kier alpha value is -2.69. The molecule has 5 aliphatic rings. The van der Waals surface area contributed by atoms with Gasteiger partial charge in [0.2, 0.25) is 10.0 Å². The molecule has 7 rings (SSSR count). The Balaban J connectivity index is 1.09. The molecule has 4 aliphatic carbocycles. The molecule has 1 saturated heterocycles. The molecule has 4 saturated carbocycles. The van der Waals surface area contributed by atoms with E-state index in [9.17, 15) is 18.3 Å². The van der Waals surface area contributed by atoms with Crippen molar-refractivity contribution >= 4 is 27.4 Å². The second kappa shape index (κ2) is 10.2. The SMILES string of the molecule is CC1CN(c2ccc(S(=O)(=O)NC(C)(C)C)cc2)CCN1c1cccc(C(=O)NC2C3CC4CC2CC(O)(C4)C3)n1. The van der Waals surface area contributed by atoms with E-state index in [1.54, 1.807) is 18.2 Å². The molecule has 1 aromatic carbocycles. The van der Waals surface area contributed by atoms with Gasteiger partial charge in [-0.2, -0.15) is 0 Å². The third-order valence-corrected chi connectivity index (χ3v) is 11.2. The lowest BCUT2D eigenvalue weighted by Crippen LogP contribution is -2.61. The molecule has 0 spiro atoms. The van der Waals surface area contributed by atoms with Crippen LogP contribution >= 0.6 is 0 Å². The number of anilines is 2. The number of piperazine rings is 1. The first-order chi connectivity index (χ1) is 19.3. The number of carbonyl (C=O) groups excluding carboxylic acids is 1. The lowest BCUT2D eigenvalue weighted by atomic mass is 9.52. The summed E-state index contributed by atoms with van der Waals surface area (Å²) in [7, 11) is -3.58. The molecule has 10 heteroatoms. The van der Waals surface area contributed by atoms with Crippen LogP contribution in [0.3, 0.4) is 0 Å². The minimum atomic E-state index is -3.58. The molecule has 3 atom stereocenters. The van der Waals surface area contributed by atoms with Crippen molar-refractivity contribution in [2.45, 2.75) is 87.9 Å². The Bertz CT molecular complexity index is 1390. The number of carbonyl (C=O) groups is 1. The number of nitrogens with one attached hydrogen (secondary N) is 2. The Morgan fingerprint density at radius 2 is 1.71 bits per heavy atom. The monoisotopic (exact) mass is 581 g/mol. The second-order valence-corrected chi connectivity index (χ2v) is 15.6.